The number of carbonyl (C=O) groups is 1. The topological polar surface area (TPSA) is 38.8 Å². The fourth-order valence-electron chi connectivity index (χ4n) is 4.90. The second-order valence-electron chi connectivity index (χ2n) is 9.91. The van der Waals surface area contributed by atoms with E-state index in [1.165, 1.54) is 5.56 Å². The number of benzene rings is 2. The first kappa shape index (κ1) is 24.3. The molecule has 2 aromatic rings. The molecule has 2 aromatic carbocycles. The minimum absolute atomic E-state index is 0.0181. The van der Waals surface area contributed by atoms with Gasteiger partial charge in [-0.05, 0) is 70.2 Å². The van der Waals surface area contributed by atoms with E-state index in [1.54, 1.807) is 0 Å². The SMILES string of the molecule is CCC(=O)N(CC[C@]1(c2ccccc2)CCOC(C)(C)C1)Cc1ccc(OC(C)C)cc1. The molecule has 0 bridgehead atoms. The van der Waals surface area contributed by atoms with Gasteiger partial charge in [0, 0.05) is 31.5 Å². The van der Waals surface area contributed by atoms with Crippen LogP contribution in [0.2, 0.25) is 0 Å². The number of ether oxygens (including phenoxy) is 2. The van der Waals surface area contributed by atoms with Crippen LogP contribution in [0.15, 0.2) is 54.6 Å². The van der Waals surface area contributed by atoms with Gasteiger partial charge in [0.1, 0.15) is 5.75 Å². The summed E-state index contributed by atoms with van der Waals surface area (Å²) in [6, 6.07) is 18.9. The Kier molecular flexibility index (Phi) is 8.00. The number of hydrogen-bond acceptors (Lipinski definition) is 3. The molecule has 0 aromatic heterocycles. The van der Waals surface area contributed by atoms with E-state index in [0.717, 1.165) is 43.7 Å². The molecular weight excluding hydrogens is 398 g/mol. The molecule has 174 valence electrons. The van der Waals surface area contributed by atoms with Gasteiger partial charge in [0.2, 0.25) is 5.91 Å². The van der Waals surface area contributed by atoms with E-state index < -0.39 is 0 Å². The van der Waals surface area contributed by atoms with Crippen LogP contribution in [0, 0.1) is 0 Å². The summed E-state index contributed by atoms with van der Waals surface area (Å²) in [5.41, 5.74) is 2.34. The number of hydrogen-bond donors (Lipinski definition) is 0. The van der Waals surface area contributed by atoms with Gasteiger partial charge in [0.25, 0.3) is 0 Å². The second-order valence-corrected chi connectivity index (χ2v) is 9.91. The van der Waals surface area contributed by atoms with Crippen molar-refractivity contribution in [1.82, 2.24) is 4.90 Å². The van der Waals surface area contributed by atoms with E-state index in [-0.39, 0.29) is 23.0 Å². The van der Waals surface area contributed by atoms with Crippen molar-refractivity contribution in [2.24, 2.45) is 0 Å². The Labute approximate surface area is 193 Å². The number of carbonyl (C=O) groups excluding carboxylic acids is 1. The first-order valence-electron chi connectivity index (χ1n) is 12.0. The third-order valence-corrected chi connectivity index (χ3v) is 6.41. The molecular formula is C28H39NO3. The van der Waals surface area contributed by atoms with Gasteiger partial charge in [-0.1, -0.05) is 49.4 Å². The van der Waals surface area contributed by atoms with Gasteiger partial charge in [-0.3, -0.25) is 4.79 Å². The fourth-order valence-corrected chi connectivity index (χ4v) is 4.90. The van der Waals surface area contributed by atoms with E-state index in [9.17, 15) is 4.79 Å². The third-order valence-electron chi connectivity index (χ3n) is 6.41. The van der Waals surface area contributed by atoms with Gasteiger partial charge in [0.15, 0.2) is 0 Å². The maximum atomic E-state index is 12.8. The first-order valence-corrected chi connectivity index (χ1v) is 12.0. The Balaban J connectivity index is 1.77. The van der Waals surface area contributed by atoms with E-state index in [4.69, 9.17) is 9.47 Å². The molecule has 0 unspecified atom stereocenters. The van der Waals surface area contributed by atoms with Crippen LogP contribution in [0.3, 0.4) is 0 Å². The molecule has 1 amide bonds. The summed E-state index contributed by atoms with van der Waals surface area (Å²) >= 11 is 0. The van der Waals surface area contributed by atoms with Crippen molar-refractivity contribution < 1.29 is 14.3 Å². The Hall–Kier alpha value is -2.33. The minimum Gasteiger partial charge on any atom is -0.491 e. The van der Waals surface area contributed by atoms with Crippen LogP contribution in [-0.2, 0) is 21.5 Å². The lowest BCUT2D eigenvalue weighted by Gasteiger charge is -2.46. The van der Waals surface area contributed by atoms with Gasteiger partial charge >= 0.3 is 0 Å². The lowest BCUT2D eigenvalue weighted by molar-refractivity contribution is -0.132. The predicted molar refractivity (Wildman–Crippen MR) is 130 cm³/mol. The molecule has 4 nitrogen and oxygen atoms in total. The summed E-state index contributed by atoms with van der Waals surface area (Å²) in [6.45, 7) is 12.5. The monoisotopic (exact) mass is 437 g/mol. The van der Waals surface area contributed by atoms with Crippen LogP contribution in [0.25, 0.3) is 0 Å². The molecule has 1 aliphatic rings. The number of nitrogens with zero attached hydrogens (tertiary/aromatic N) is 1. The predicted octanol–water partition coefficient (Wildman–Crippen LogP) is 6.13. The highest BCUT2D eigenvalue weighted by Crippen LogP contribution is 2.44. The summed E-state index contributed by atoms with van der Waals surface area (Å²) in [6.07, 6.45) is 3.54. The zero-order valence-corrected chi connectivity index (χ0v) is 20.4. The quantitative estimate of drug-likeness (QED) is 0.474. The van der Waals surface area contributed by atoms with Crippen molar-refractivity contribution >= 4 is 5.91 Å². The van der Waals surface area contributed by atoms with Crippen LogP contribution in [0.4, 0.5) is 0 Å². The number of rotatable bonds is 9. The highest BCUT2D eigenvalue weighted by molar-refractivity contribution is 5.75. The van der Waals surface area contributed by atoms with E-state index in [1.807, 2.05) is 37.8 Å². The van der Waals surface area contributed by atoms with Crippen LogP contribution in [0.1, 0.15) is 71.4 Å². The highest BCUT2D eigenvalue weighted by atomic mass is 16.5. The lowest BCUT2D eigenvalue weighted by Crippen LogP contribution is -2.46. The van der Waals surface area contributed by atoms with E-state index in [0.29, 0.717) is 13.0 Å². The van der Waals surface area contributed by atoms with Crippen molar-refractivity contribution in [2.75, 3.05) is 13.2 Å². The standard InChI is InChI=1S/C28H39NO3/c1-6-26(30)29(20-23-12-14-25(15-13-23)32-22(2)3)18-16-28(24-10-8-7-9-11-24)17-19-31-27(4,5)21-28/h7-15,22H,6,16-21H2,1-5H3/t28-/m0/s1. The van der Waals surface area contributed by atoms with Crippen LogP contribution in [-0.4, -0.2) is 35.7 Å². The molecule has 3 rings (SSSR count). The van der Waals surface area contributed by atoms with Gasteiger partial charge < -0.3 is 14.4 Å². The first-order chi connectivity index (χ1) is 15.2. The normalized spacial score (nSPS) is 20.2. The van der Waals surface area contributed by atoms with Crippen molar-refractivity contribution in [1.29, 1.82) is 0 Å². The largest absolute Gasteiger partial charge is 0.491 e. The molecule has 1 heterocycles. The summed E-state index contributed by atoms with van der Waals surface area (Å²) < 4.78 is 11.8. The highest BCUT2D eigenvalue weighted by Gasteiger charge is 2.42. The average molecular weight is 438 g/mol. The molecule has 1 saturated heterocycles. The third kappa shape index (κ3) is 6.35. The minimum atomic E-state index is -0.167. The van der Waals surface area contributed by atoms with Crippen LogP contribution < -0.4 is 4.74 Å². The lowest BCUT2D eigenvalue weighted by atomic mass is 9.67. The molecule has 32 heavy (non-hydrogen) atoms. The summed E-state index contributed by atoms with van der Waals surface area (Å²) in [5, 5.41) is 0. The zero-order valence-electron chi connectivity index (χ0n) is 20.4. The average Bonchev–Trinajstić information content (AvgIpc) is 2.77. The van der Waals surface area contributed by atoms with Crippen molar-refractivity contribution in [3.05, 3.63) is 65.7 Å². The van der Waals surface area contributed by atoms with Gasteiger partial charge in [-0.2, -0.15) is 0 Å². The molecule has 0 N–H and O–H groups in total. The second kappa shape index (κ2) is 10.5. The summed E-state index contributed by atoms with van der Waals surface area (Å²) in [5.74, 6) is 1.06. The van der Waals surface area contributed by atoms with Crippen molar-refractivity contribution in [2.45, 2.75) is 84.0 Å². The van der Waals surface area contributed by atoms with Crippen molar-refractivity contribution in [3.63, 3.8) is 0 Å². The van der Waals surface area contributed by atoms with E-state index >= 15 is 0 Å². The molecule has 1 fully saturated rings. The van der Waals surface area contributed by atoms with Gasteiger partial charge in [-0.15, -0.1) is 0 Å². The Morgan fingerprint density at radius 3 is 2.38 bits per heavy atom. The Bertz CT molecular complexity index is 860. The van der Waals surface area contributed by atoms with Gasteiger partial charge in [0.05, 0.1) is 11.7 Å². The summed E-state index contributed by atoms with van der Waals surface area (Å²) in [7, 11) is 0. The van der Waals surface area contributed by atoms with E-state index in [2.05, 4.69) is 56.3 Å². The fraction of sp³-hybridized carbons (Fsp3) is 0.536. The Morgan fingerprint density at radius 1 is 1.09 bits per heavy atom. The molecule has 1 atom stereocenters. The molecule has 0 saturated carbocycles. The van der Waals surface area contributed by atoms with Crippen molar-refractivity contribution in [3.8, 4) is 5.75 Å². The Morgan fingerprint density at radius 2 is 1.78 bits per heavy atom. The molecule has 0 radical (unpaired) electrons. The molecule has 4 heteroatoms. The molecule has 1 aliphatic heterocycles. The smallest absolute Gasteiger partial charge is 0.222 e. The van der Waals surface area contributed by atoms with Gasteiger partial charge in [-0.25, -0.2) is 0 Å². The number of amides is 1. The maximum absolute atomic E-state index is 12.8. The maximum Gasteiger partial charge on any atom is 0.222 e. The molecule has 0 aliphatic carbocycles. The van der Waals surface area contributed by atoms with Crippen LogP contribution in [0.5, 0.6) is 5.75 Å². The van der Waals surface area contributed by atoms with Crippen LogP contribution >= 0.6 is 0 Å². The molecule has 0 spiro atoms. The summed E-state index contributed by atoms with van der Waals surface area (Å²) in [4.78, 5) is 14.9. The zero-order chi connectivity index (χ0) is 23.2.